The molecule has 18 heavy (non-hydrogen) atoms. The number of esters is 1. The lowest BCUT2D eigenvalue weighted by Crippen LogP contribution is -2.25. The van der Waals surface area contributed by atoms with Crippen LogP contribution in [-0.2, 0) is 9.53 Å². The quantitative estimate of drug-likeness (QED) is 0.678. The summed E-state index contributed by atoms with van der Waals surface area (Å²) in [5.74, 6) is -0.165. The Morgan fingerprint density at radius 1 is 1.22 bits per heavy atom. The van der Waals surface area contributed by atoms with Crippen LogP contribution in [0.1, 0.15) is 60.8 Å². The molecule has 2 nitrogen and oxygen atoms in total. The summed E-state index contributed by atoms with van der Waals surface area (Å²) in [6, 6.07) is 0. The first kappa shape index (κ1) is 15.0. The summed E-state index contributed by atoms with van der Waals surface area (Å²) in [5.41, 5.74) is 1.91. The van der Waals surface area contributed by atoms with Gasteiger partial charge in [-0.2, -0.15) is 0 Å². The molecule has 0 aromatic rings. The molecule has 0 fully saturated rings. The smallest absolute Gasteiger partial charge is 0.334 e. The fourth-order valence-electron chi connectivity index (χ4n) is 2.01. The van der Waals surface area contributed by atoms with Gasteiger partial charge >= 0.3 is 5.97 Å². The molecule has 0 bridgehead atoms. The van der Waals surface area contributed by atoms with Crippen LogP contribution in [0.2, 0.25) is 0 Å². The lowest BCUT2D eigenvalue weighted by atomic mass is 9.85. The molecule has 0 N–H and O–H groups in total. The minimum absolute atomic E-state index is 0.165. The first-order chi connectivity index (χ1) is 8.07. The van der Waals surface area contributed by atoms with E-state index in [1.165, 1.54) is 5.57 Å². The number of allylic oxidation sites excluding steroid dienone is 3. The van der Waals surface area contributed by atoms with Gasteiger partial charge < -0.3 is 4.74 Å². The molecule has 102 valence electrons. The highest BCUT2D eigenvalue weighted by molar-refractivity contribution is 5.89. The number of rotatable bonds is 2. The van der Waals surface area contributed by atoms with Crippen LogP contribution < -0.4 is 0 Å². The Labute approximate surface area is 111 Å². The van der Waals surface area contributed by atoms with Gasteiger partial charge in [0.1, 0.15) is 5.60 Å². The number of ether oxygens (including phenoxy) is 1. The molecule has 0 aromatic carbocycles. The van der Waals surface area contributed by atoms with E-state index in [4.69, 9.17) is 4.74 Å². The highest BCUT2D eigenvalue weighted by atomic mass is 16.6. The largest absolute Gasteiger partial charge is 0.457 e. The maximum Gasteiger partial charge on any atom is 0.334 e. The van der Waals surface area contributed by atoms with Crippen LogP contribution in [0.15, 0.2) is 23.3 Å². The molecule has 1 aliphatic carbocycles. The normalized spacial score (nSPS) is 17.0. The zero-order chi connectivity index (χ0) is 14.0. The average Bonchev–Trinajstić information content (AvgIpc) is 2.12. The van der Waals surface area contributed by atoms with Crippen LogP contribution >= 0.6 is 0 Å². The predicted molar refractivity (Wildman–Crippen MR) is 75.3 cm³/mol. The van der Waals surface area contributed by atoms with Crippen LogP contribution in [0, 0.1) is 5.41 Å². The van der Waals surface area contributed by atoms with Gasteiger partial charge in [0, 0.05) is 5.57 Å². The molecule has 0 saturated carbocycles. The van der Waals surface area contributed by atoms with Crippen LogP contribution in [0.25, 0.3) is 0 Å². The molecule has 0 unspecified atom stereocenters. The van der Waals surface area contributed by atoms with Crippen molar-refractivity contribution in [1.82, 2.24) is 0 Å². The Morgan fingerprint density at radius 2 is 1.83 bits per heavy atom. The second kappa shape index (κ2) is 5.29. The van der Waals surface area contributed by atoms with Crippen molar-refractivity contribution in [2.24, 2.45) is 5.41 Å². The second-order valence-corrected chi connectivity index (χ2v) is 7.23. The summed E-state index contributed by atoms with van der Waals surface area (Å²) in [7, 11) is 0. The topological polar surface area (TPSA) is 26.3 Å². The Hall–Kier alpha value is -1.05. The molecule has 0 spiro atoms. The molecular weight excluding hydrogens is 224 g/mol. The molecule has 0 saturated heterocycles. The van der Waals surface area contributed by atoms with Crippen molar-refractivity contribution in [3.8, 4) is 0 Å². The molecule has 0 aliphatic heterocycles. The van der Waals surface area contributed by atoms with Gasteiger partial charge in [0.25, 0.3) is 0 Å². The highest BCUT2D eigenvalue weighted by Crippen LogP contribution is 2.29. The third-order valence-corrected chi connectivity index (χ3v) is 2.58. The summed E-state index contributed by atoms with van der Waals surface area (Å²) < 4.78 is 5.42. The van der Waals surface area contributed by atoms with Crippen molar-refractivity contribution >= 4 is 5.97 Å². The third-order valence-electron chi connectivity index (χ3n) is 2.58. The molecule has 1 rings (SSSR count). The Bertz CT molecular complexity index is 373. The monoisotopic (exact) mass is 250 g/mol. The Kier molecular flexibility index (Phi) is 4.41. The molecule has 0 amide bonds. The van der Waals surface area contributed by atoms with Gasteiger partial charge in [-0.1, -0.05) is 32.4 Å². The maximum atomic E-state index is 12.0. The molecular formula is C16H26O2. The average molecular weight is 250 g/mol. The van der Waals surface area contributed by atoms with Gasteiger partial charge in [-0.25, -0.2) is 4.79 Å². The van der Waals surface area contributed by atoms with Gasteiger partial charge in [-0.3, -0.25) is 0 Å². The third kappa shape index (κ3) is 5.52. The van der Waals surface area contributed by atoms with Crippen LogP contribution in [0.5, 0.6) is 0 Å². The number of hydrogen-bond donors (Lipinski definition) is 0. The Balaban J connectivity index is 2.73. The molecule has 0 heterocycles. The van der Waals surface area contributed by atoms with Crippen molar-refractivity contribution < 1.29 is 9.53 Å². The minimum Gasteiger partial charge on any atom is -0.457 e. The summed E-state index contributed by atoms with van der Waals surface area (Å²) in [5, 5.41) is 0. The maximum absolute atomic E-state index is 12.0. The molecule has 0 aromatic heterocycles. The van der Waals surface area contributed by atoms with Crippen molar-refractivity contribution in [2.75, 3.05) is 0 Å². The summed E-state index contributed by atoms with van der Waals surface area (Å²) in [6.07, 6.45) is 6.99. The first-order valence-corrected chi connectivity index (χ1v) is 6.70. The van der Waals surface area contributed by atoms with E-state index in [1.807, 2.05) is 26.8 Å². The van der Waals surface area contributed by atoms with Crippen LogP contribution in [-0.4, -0.2) is 11.6 Å². The van der Waals surface area contributed by atoms with E-state index in [2.05, 4.69) is 26.8 Å². The van der Waals surface area contributed by atoms with Crippen LogP contribution in [0.4, 0.5) is 0 Å². The van der Waals surface area contributed by atoms with Gasteiger partial charge in [-0.05, 0) is 51.5 Å². The zero-order valence-electron chi connectivity index (χ0n) is 12.6. The predicted octanol–water partition coefficient (Wildman–Crippen LogP) is 4.41. The fraction of sp³-hybridized carbons (Fsp3) is 0.688. The highest BCUT2D eigenvalue weighted by Gasteiger charge is 2.22. The molecule has 2 heteroatoms. The summed E-state index contributed by atoms with van der Waals surface area (Å²) >= 11 is 0. The number of carbonyl (C=O) groups excluding carboxylic acids is 1. The standard InChI is InChI=1S/C16H26O2/c1-15(2,3)11-12-8-7-9-13(10-12)14(17)18-16(4,5)6/h8,10H,7,9,11H2,1-6H3. The second-order valence-electron chi connectivity index (χ2n) is 7.23. The van der Waals surface area contributed by atoms with Gasteiger partial charge in [0.2, 0.25) is 0 Å². The van der Waals surface area contributed by atoms with E-state index < -0.39 is 5.60 Å². The lowest BCUT2D eigenvalue weighted by Gasteiger charge is -2.24. The Morgan fingerprint density at radius 3 is 2.33 bits per heavy atom. The van der Waals surface area contributed by atoms with E-state index in [9.17, 15) is 4.79 Å². The zero-order valence-corrected chi connectivity index (χ0v) is 12.6. The fourth-order valence-corrected chi connectivity index (χ4v) is 2.01. The molecule has 0 radical (unpaired) electrons. The van der Waals surface area contributed by atoms with E-state index >= 15 is 0 Å². The number of carbonyl (C=O) groups is 1. The van der Waals surface area contributed by atoms with E-state index in [-0.39, 0.29) is 11.4 Å². The van der Waals surface area contributed by atoms with Crippen molar-refractivity contribution in [2.45, 2.75) is 66.4 Å². The minimum atomic E-state index is -0.413. The van der Waals surface area contributed by atoms with Gasteiger partial charge in [0.05, 0.1) is 0 Å². The van der Waals surface area contributed by atoms with E-state index in [1.54, 1.807) is 0 Å². The SMILES string of the molecule is CC(C)(C)CC1=CCCC(C(=O)OC(C)(C)C)=C1. The van der Waals surface area contributed by atoms with Crippen LogP contribution in [0.3, 0.4) is 0 Å². The number of hydrogen-bond acceptors (Lipinski definition) is 2. The van der Waals surface area contributed by atoms with Crippen molar-refractivity contribution in [3.63, 3.8) is 0 Å². The molecule has 0 atom stereocenters. The first-order valence-electron chi connectivity index (χ1n) is 6.70. The van der Waals surface area contributed by atoms with Gasteiger partial charge in [-0.15, -0.1) is 0 Å². The lowest BCUT2D eigenvalue weighted by molar-refractivity contribution is -0.150. The van der Waals surface area contributed by atoms with Crippen molar-refractivity contribution in [3.05, 3.63) is 23.3 Å². The van der Waals surface area contributed by atoms with E-state index in [0.29, 0.717) is 0 Å². The van der Waals surface area contributed by atoms with Crippen molar-refractivity contribution in [1.29, 1.82) is 0 Å². The summed E-state index contributed by atoms with van der Waals surface area (Å²) in [6.45, 7) is 12.3. The summed E-state index contributed by atoms with van der Waals surface area (Å²) in [4.78, 5) is 12.0. The molecule has 1 aliphatic rings. The van der Waals surface area contributed by atoms with E-state index in [0.717, 1.165) is 24.8 Å². The van der Waals surface area contributed by atoms with Gasteiger partial charge in [0.15, 0.2) is 0 Å².